The highest BCUT2D eigenvalue weighted by Crippen LogP contribution is 2.35. The Labute approximate surface area is 167 Å². The zero-order valence-corrected chi connectivity index (χ0v) is 15.8. The Kier molecular flexibility index (Phi) is 6.62. The van der Waals surface area contributed by atoms with E-state index in [1.165, 1.54) is 32.7 Å². The number of rotatable bonds is 6. The molecule has 2 rings (SSSR count). The smallest absolute Gasteiger partial charge is 0.406 e. The number of carbonyl (C=O) groups is 2. The summed E-state index contributed by atoms with van der Waals surface area (Å²) in [6.07, 6.45) is -1.26. The van der Waals surface area contributed by atoms with Gasteiger partial charge < -0.3 is 10.1 Å². The highest BCUT2D eigenvalue weighted by molar-refractivity contribution is 6.32. The van der Waals surface area contributed by atoms with Crippen molar-refractivity contribution in [2.45, 2.75) is 24.5 Å². The van der Waals surface area contributed by atoms with Crippen LogP contribution in [0.2, 0.25) is 0 Å². The van der Waals surface area contributed by atoms with Gasteiger partial charge in [-0.2, -0.15) is 0 Å². The molecule has 1 heterocycles. The molecule has 1 aromatic heterocycles. The Bertz CT molecular complexity index is 865. The number of nitrogens with zero attached hydrogens (tertiary/aromatic N) is 3. The predicted octanol–water partition coefficient (Wildman–Crippen LogP) is 2.90. The lowest BCUT2D eigenvalue weighted by atomic mass is 9.90. The zero-order valence-electron chi connectivity index (χ0n) is 15.1. The fraction of sp³-hybridized carbons (Fsp3) is 0.294. The Morgan fingerprint density at radius 3 is 2.17 bits per heavy atom. The number of hydrogen-bond donors (Lipinski definition) is 1. The summed E-state index contributed by atoms with van der Waals surface area (Å²) in [4.78, 5) is 33.6. The predicted molar refractivity (Wildman–Crippen MR) is 94.8 cm³/mol. The van der Waals surface area contributed by atoms with Gasteiger partial charge in [0.2, 0.25) is 0 Å². The summed E-state index contributed by atoms with van der Waals surface area (Å²) in [5.41, 5.74) is -4.41. The number of amides is 2. The van der Waals surface area contributed by atoms with Crippen molar-refractivity contribution in [3.8, 4) is 5.75 Å². The second-order valence-corrected chi connectivity index (χ2v) is 6.18. The minimum Gasteiger partial charge on any atom is -0.406 e. The van der Waals surface area contributed by atoms with Crippen LogP contribution in [0.5, 0.6) is 5.75 Å². The van der Waals surface area contributed by atoms with Crippen LogP contribution in [0.25, 0.3) is 0 Å². The lowest BCUT2D eigenvalue weighted by Gasteiger charge is -2.39. The Balaban J connectivity index is 2.62. The van der Waals surface area contributed by atoms with Crippen molar-refractivity contribution in [3.05, 3.63) is 48.5 Å². The molecule has 0 aliphatic carbocycles. The van der Waals surface area contributed by atoms with E-state index in [0.29, 0.717) is 0 Å². The van der Waals surface area contributed by atoms with Crippen LogP contribution in [-0.2, 0) is 15.1 Å². The molecule has 0 bridgehead atoms. The van der Waals surface area contributed by atoms with Gasteiger partial charge in [0.05, 0.1) is 0 Å². The lowest BCUT2D eigenvalue weighted by molar-refractivity contribution is -0.274. The molecule has 0 aliphatic rings. The third-order valence-corrected chi connectivity index (χ3v) is 4.16. The van der Waals surface area contributed by atoms with E-state index in [2.05, 4.69) is 20.0 Å². The molecular formula is C17H15ClF4N4O3. The van der Waals surface area contributed by atoms with Gasteiger partial charge in [-0.3, -0.25) is 14.5 Å². The van der Waals surface area contributed by atoms with Gasteiger partial charge in [-0.05, 0) is 31.2 Å². The average molecular weight is 435 g/mol. The molecule has 7 nitrogen and oxygen atoms in total. The maximum absolute atomic E-state index is 13.8. The van der Waals surface area contributed by atoms with Crippen molar-refractivity contribution < 1.29 is 31.9 Å². The van der Waals surface area contributed by atoms with Crippen LogP contribution in [0.1, 0.15) is 12.5 Å². The van der Waals surface area contributed by atoms with E-state index in [-0.39, 0.29) is 11.3 Å². The number of anilines is 1. The molecule has 0 saturated carbocycles. The Hall–Kier alpha value is -2.95. The first-order valence-electron chi connectivity index (χ1n) is 7.96. The Morgan fingerprint density at radius 2 is 1.72 bits per heavy atom. The summed E-state index contributed by atoms with van der Waals surface area (Å²) in [6.45, 7) is 1.29. The third kappa shape index (κ3) is 4.91. The van der Waals surface area contributed by atoms with Crippen molar-refractivity contribution in [2.75, 3.05) is 11.9 Å². The molecule has 1 aromatic carbocycles. The molecule has 0 fully saturated rings. The summed E-state index contributed by atoms with van der Waals surface area (Å²) < 4.78 is 54.7. The highest BCUT2D eigenvalue weighted by Gasteiger charge is 2.46. The second kappa shape index (κ2) is 8.60. The van der Waals surface area contributed by atoms with Gasteiger partial charge >= 0.3 is 6.36 Å². The van der Waals surface area contributed by atoms with Crippen LogP contribution < -0.4 is 15.0 Å². The topological polar surface area (TPSA) is 84.4 Å². The number of benzene rings is 1. The molecule has 0 saturated heterocycles. The van der Waals surface area contributed by atoms with Crippen LogP contribution in [0, 0.1) is 0 Å². The number of carbonyl (C=O) groups excluding carboxylic acids is 2. The molecule has 2 amide bonds. The normalized spacial score (nSPS) is 14.4. The van der Waals surface area contributed by atoms with E-state index in [4.69, 9.17) is 11.6 Å². The third-order valence-electron chi connectivity index (χ3n) is 3.97. The molecule has 1 N–H and O–H groups in total. The minimum absolute atomic E-state index is 0.109. The molecule has 12 heteroatoms. The van der Waals surface area contributed by atoms with Crippen molar-refractivity contribution in [1.29, 1.82) is 0 Å². The molecule has 0 radical (unpaired) electrons. The number of alkyl halides is 5. The molecule has 156 valence electrons. The first-order valence-corrected chi connectivity index (χ1v) is 8.40. The van der Waals surface area contributed by atoms with E-state index in [1.54, 1.807) is 0 Å². The quantitative estimate of drug-likeness (QED) is 0.558. The molecule has 0 aliphatic heterocycles. The fourth-order valence-corrected chi connectivity index (χ4v) is 2.75. The SMILES string of the molecule is CNC(=O)[C@@](C)(c1cncnc1)N(C(=O)[C@H](F)Cl)c1ccc(OC(F)(F)F)cc1. The molecule has 0 spiro atoms. The van der Waals surface area contributed by atoms with Crippen molar-refractivity contribution in [3.63, 3.8) is 0 Å². The van der Waals surface area contributed by atoms with Crippen LogP contribution >= 0.6 is 11.6 Å². The van der Waals surface area contributed by atoms with Gasteiger partial charge in [0.25, 0.3) is 17.4 Å². The van der Waals surface area contributed by atoms with E-state index >= 15 is 0 Å². The second-order valence-electron chi connectivity index (χ2n) is 5.79. The van der Waals surface area contributed by atoms with Gasteiger partial charge in [-0.15, -0.1) is 13.2 Å². The van der Waals surface area contributed by atoms with Gasteiger partial charge in [0.1, 0.15) is 12.1 Å². The van der Waals surface area contributed by atoms with Crippen molar-refractivity contribution in [2.24, 2.45) is 0 Å². The first kappa shape index (κ1) is 22.3. The summed E-state index contributed by atoms with van der Waals surface area (Å²) in [6, 6.07) is 3.94. The van der Waals surface area contributed by atoms with Crippen LogP contribution in [0.15, 0.2) is 43.0 Å². The maximum atomic E-state index is 13.8. The number of hydrogen-bond acceptors (Lipinski definition) is 5. The van der Waals surface area contributed by atoms with E-state index < -0.39 is 35.1 Å². The molecule has 2 atom stereocenters. The zero-order chi connectivity index (χ0) is 21.8. The standard InChI is InChI=1S/C17H15ClF4N4O3/c1-16(15(28)23-2,10-7-24-9-25-8-10)26(14(27)13(18)19)11-3-5-12(6-4-11)29-17(20,21)22/h3-9,13H,1-2H3,(H,23,28)/t13-,16+/m0/s1. The monoisotopic (exact) mass is 434 g/mol. The fourth-order valence-electron chi connectivity index (χ4n) is 2.66. The van der Waals surface area contributed by atoms with Gasteiger partial charge in [-0.25, -0.2) is 14.4 Å². The van der Waals surface area contributed by atoms with E-state index in [9.17, 15) is 27.2 Å². The van der Waals surface area contributed by atoms with Crippen LogP contribution in [0.3, 0.4) is 0 Å². The summed E-state index contributed by atoms with van der Waals surface area (Å²) >= 11 is 5.34. The van der Waals surface area contributed by atoms with E-state index in [0.717, 1.165) is 29.2 Å². The molecule has 0 unspecified atom stereocenters. The van der Waals surface area contributed by atoms with Gasteiger partial charge in [0.15, 0.2) is 5.54 Å². The first-order chi connectivity index (χ1) is 13.5. The van der Waals surface area contributed by atoms with Crippen LogP contribution in [0.4, 0.5) is 23.2 Å². The largest absolute Gasteiger partial charge is 0.573 e. The van der Waals surface area contributed by atoms with Crippen molar-refractivity contribution in [1.82, 2.24) is 15.3 Å². The summed E-state index contributed by atoms with van der Waals surface area (Å²) in [5.74, 6) is -2.62. The minimum atomic E-state index is -4.92. The average Bonchev–Trinajstić information content (AvgIpc) is 2.67. The van der Waals surface area contributed by atoms with E-state index in [1.807, 2.05) is 0 Å². The molecule has 29 heavy (non-hydrogen) atoms. The number of nitrogens with one attached hydrogen (secondary N) is 1. The number of halogens is 5. The summed E-state index contributed by atoms with van der Waals surface area (Å²) in [5, 5.41) is 2.36. The lowest BCUT2D eigenvalue weighted by Crippen LogP contribution is -2.58. The van der Waals surface area contributed by atoms with Crippen molar-refractivity contribution >= 4 is 29.1 Å². The molecular weight excluding hydrogens is 420 g/mol. The molecule has 2 aromatic rings. The number of likely N-dealkylation sites (N-methyl/N-ethyl adjacent to an activating group) is 1. The highest BCUT2D eigenvalue weighted by atomic mass is 35.5. The van der Waals surface area contributed by atoms with Gasteiger partial charge in [0, 0.05) is 30.7 Å². The number of ether oxygens (including phenoxy) is 1. The Morgan fingerprint density at radius 1 is 1.17 bits per heavy atom. The summed E-state index contributed by atoms with van der Waals surface area (Å²) in [7, 11) is 1.29. The maximum Gasteiger partial charge on any atom is 0.573 e. The number of aromatic nitrogens is 2. The van der Waals surface area contributed by atoms with Gasteiger partial charge in [-0.1, -0.05) is 11.6 Å². The van der Waals surface area contributed by atoms with Crippen LogP contribution in [-0.4, -0.2) is 40.8 Å².